The monoisotopic (exact) mass is 201 g/mol. The summed E-state index contributed by atoms with van der Waals surface area (Å²) in [4.78, 5) is 0. The van der Waals surface area contributed by atoms with Gasteiger partial charge in [-0.15, -0.1) is 0 Å². The van der Waals surface area contributed by atoms with Crippen LogP contribution in [-0.4, -0.2) is 56.3 Å². The molecule has 0 aromatic rings. The molecular formula is C6H18F2N3P. The Morgan fingerprint density at radius 3 is 0.833 bits per heavy atom. The topological polar surface area (TPSA) is 9.72 Å². The van der Waals surface area contributed by atoms with E-state index in [0.717, 1.165) is 14.0 Å². The van der Waals surface area contributed by atoms with Gasteiger partial charge in [-0.3, -0.25) is 0 Å². The van der Waals surface area contributed by atoms with Crippen LogP contribution in [0.1, 0.15) is 0 Å². The molecule has 0 bridgehead atoms. The van der Waals surface area contributed by atoms with Gasteiger partial charge >= 0.3 is 72.4 Å². The maximum atomic E-state index is 14.1. The van der Waals surface area contributed by atoms with Crippen molar-refractivity contribution in [2.45, 2.75) is 0 Å². The Hall–Kier alpha value is 0.170. The molecular weight excluding hydrogens is 183 g/mol. The molecule has 0 aromatic heterocycles. The molecule has 12 heavy (non-hydrogen) atoms. The van der Waals surface area contributed by atoms with Gasteiger partial charge in [-0.1, -0.05) is 0 Å². The van der Waals surface area contributed by atoms with Crippen LogP contribution in [0.15, 0.2) is 0 Å². The van der Waals surface area contributed by atoms with Crippen LogP contribution in [0.2, 0.25) is 0 Å². The van der Waals surface area contributed by atoms with Crippen molar-refractivity contribution in [2.24, 2.45) is 0 Å². The molecule has 76 valence electrons. The van der Waals surface area contributed by atoms with Crippen molar-refractivity contribution in [3.63, 3.8) is 0 Å². The van der Waals surface area contributed by atoms with Gasteiger partial charge in [0.1, 0.15) is 0 Å². The van der Waals surface area contributed by atoms with Gasteiger partial charge in [0.15, 0.2) is 0 Å². The average molecular weight is 201 g/mol. The molecule has 6 heteroatoms. The first-order valence-electron chi connectivity index (χ1n) is 3.62. The van der Waals surface area contributed by atoms with Crippen molar-refractivity contribution < 1.29 is 8.39 Å². The van der Waals surface area contributed by atoms with E-state index < -0.39 is 7.68 Å². The van der Waals surface area contributed by atoms with Crippen molar-refractivity contribution in [1.29, 1.82) is 0 Å². The molecule has 0 aliphatic rings. The normalized spacial score (nSPS) is 17.1. The number of hydrogen-bond donors (Lipinski definition) is 0. The Balaban J connectivity index is 5.09. The molecule has 3 nitrogen and oxygen atoms in total. The fraction of sp³-hybridized carbons (Fsp3) is 1.00. The summed E-state index contributed by atoms with van der Waals surface area (Å²) in [5, 5.41) is 0. The standard InChI is InChI=1S/C6H18F2N3P/c1-9(2)12(7,8,10(3)4)11(5)6/h1-6H3. The molecule has 0 fully saturated rings. The van der Waals surface area contributed by atoms with E-state index in [1.807, 2.05) is 0 Å². The average Bonchev–Trinajstić information content (AvgIpc) is 1.86. The molecule has 0 amide bonds. The summed E-state index contributed by atoms with van der Waals surface area (Å²) in [5.41, 5.74) is 0. The third-order valence-corrected chi connectivity index (χ3v) is 5.94. The van der Waals surface area contributed by atoms with Gasteiger partial charge in [-0.25, -0.2) is 0 Å². The van der Waals surface area contributed by atoms with Crippen LogP contribution in [-0.2, 0) is 0 Å². The van der Waals surface area contributed by atoms with Gasteiger partial charge in [-0.05, 0) is 0 Å². The zero-order valence-corrected chi connectivity index (χ0v) is 9.44. The van der Waals surface area contributed by atoms with Gasteiger partial charge in [0.2, 0.25) is 0 Å². The first-order chi connectivity index (χ1) is 5.13. The van der Waals surface area contributed by atoms with Gasteiger partial charge in [0.25, 0.3) is 0 Å². The third-order valence-electron chi connectivity index (χ3n) is 1.98. The van der Waals surface area contributed by atoms with E-state index in [4.69, 9.17) is 0 Å². The van der Waals surface area contributed by atoms with Gasteiger partial charge in [-0.2, -0.15) is 0 Å². The van der Waals surface area contributed by atoms with E-state index in [9.17, 15) is 8.39 Å². The van der Waals surface area contributed by atoms with Crippen LogP contribution < -0.4 is 0 Å². The van der Waals surface area contributed by atoms with Crippen molar-refractivity contribution in [1.82, 2.24) is 14.0 Å². The summed E-state index contributed by atoms with van der Waals surface area (Å²) < 4.78 is 31.2. The summed E-state index contributed by atoms with van der Waals surface area (Å²) in [6.07, 6.45) is 0. The zero-order valence-electron chi connectivity index (χ0n) is 8.54. The number of hydrogen-bond acceptors (Lipinski definition) is 3. The van der Waals surface area contributed by atoms with Crippen molar-refractivity contribution in [3.05, 3.63) is 0 Å². The summed E-state index contributed by atoms with van der Waals surface area (Å²) in [6.45, 7) is 0. The van der Waals surface area contributed by atoms with Crippen LogP contribution in [0.3, 0.4) is 0 Å². The Kier molecular flexibility index (Phi) is 3.19. The van der Waals surface area contributed by atoms with Gasteiger partial charge in [0, 0.05) is 0 Å². The van der Waals surface area contributed by atoms with Crippen molar-refractivity contribution in [3.8, 4) is 0 Å². The molecule has 0 aliphatic heterocycles. The van der Waals surface area contributed by atoms with Crippen LogP contribution >= 0.6 is 7.68 Å². The second-order valence-electron chi connectivity index (χ2n) is 3.33. The minimum atomic E-state index is -4.95. The third kappa shape index (κ3) is 1.46. The molecule has 0 saturated carbocycles. The van der Waals surface area contributed by atoms with E-state index in [-0.39, 0.29) is 0 Å². The van der Waals surface area contributed by atoms with Crippen LogP contribution in [0.25, 0.3) is 0 Å². The molecule has 0 N–H and O–H groups in total. The minimum absolute atomic E-state index is 1.01. The second-order valence-corrected chi connectivity index (χ2v) is 7.30. The Morgan fingerprint density at radius 2 is 0.833 bits per heavy atom. The molecule has 0 aromatic carbocycles. The molecule has 0 aliphatic carbocycles. The molecule has 0 unspecified atom stereocenters. The Morgan fingerprint density at radius 1 is 0.667 bits per heavy atom. The SMILES string of the molecule is CN(C)P(F)(F)(N(C)C)N(C)C. The fourth-order valence-electron chi connectivity index (χ4n) is 1.07. The quantitative estimate of drug-likeness (QED) is 0.644. The fourth-order valence-corrected chi connectivity index (χ4v) is 3.22. The van der Waals surface area contributed by atoms with Gasteiger partial charge < -0.3 is 0 Å². The van der Waals surface area contributed by atoms with E-state index in [1.165, 1.54) is 42.3 Å². The molecule has 0 saturated heterocycles. The first kappa shape index (κ1) is 12.2. The Labute approximate surface area is 73.3 Å². The Bertz CT molecular complexity index is 142. The number of rotatable bonds is 3. The predicted molar refractivity (Wildman–Crippen MR) is 50.2 cm³/mol. The van der Waals surface area contributed by atoms with E-state index in [2.05, 4.69) is 0 Å². The summed E-state index contributed by atoms with van der Waals surface area (Å²) in [7, 11) is 3.45. The number of halogens is 2. The summed E-state index contributed by atoms with van der Waals surface area (Å²) in [5.74, 6) is 0. The number of nitrogens with zero attached hydrogens (tertiary/aromatic N) is 3. The maximum absolute atomic E-state index is 14.1. The predicted octanol–water partition coefficient (Wildman–Crippen LogP) is 1.74. The first-order valence-corrected chi connectivity index (χ1v) is 5.50. The van der Waals surface area contributed by atoms with Crippen molar-refractivity contribution in [2.75, 3.05) is 42.3 Å². The molecule has 0 heterocycles. The molecule has 0 spiro atoms. The zero-order chi connectivity index (χ0) is 10.2. The van der Waals surface area contributed by atoms with Crippen LogP contribution in [0, 0.1) is 0 Å². The molecule has 0 rings (SSSR count). The van der Waals surface area contributed by atoms with Crippen LogP contribution in [0.5, 0.6) is 0 Å². The van der Waals surface area contributed by atoms with Crippen LogP contribution in [0.4, 0.5) is 8.39 Å². The van der Waals surface area contributed by atoms with E-state index in [1.54, 1.807) is 0 Å². The van der Waals surface area contributed by atoms with Crippen molar-refractivity contribution >= 4 is 7.68 Å². The van der Waals surface area contributed by atoms with E-state index in [0.29, 0.717) is 0 Å². The van der Waals surface area contributed by atoms with Gasteiger partial charge in [0.05, 0.1) is 0 Å². The summed E-state index contributed by atoms with van der Waals surface area (Å²) in [6, 6.07) is 0. The van der Waals surface area contributed by atoms with E-state index >= 15 is 0 Å². The second kappa shape index (κ2) is 3.14. The molecule has 0 atom stereocenters. The summed E-state index contributed by atoms with van der Waals surface area (Å²) >= 11 is 0. The molecule has 0 radical (unpaired) electrons.